The molecule has 1 aliphatic carbocycles. The number of hydrogen-bond acceptors (Lipinski definition) is 3. The van der Waals surface area contributed by atoms with Gasteiger partial charge in [-0.1, -0.05) is 30.9 Å². The molecule has 2 fully saturated rings. The number of nitrogens with zero attached hydrogens (tertiary/aromatic N) is 1. The van der Waals surface area contributed by atoms with Crippen molar-refractivity contribution in [2.24, 2.45) is 17.6 Å². The molecule has 0 aromatic heterocycles. The van der Waals surface area contributed by atoms with Gasteiger partial charge >= 0.3 is 0 Å². The van der Waals surface area contributed by atoms with E-state index < -0.39 is 5.91 Å². The van der Waals surface area contributed by atoms with Crippen LogP contribution in [0.15, 0.2) is 12.1 Å². The van der Waals surface area contributed by atoms with Crippen LogP contribution in [0.4, 0.5) is 11.4 Å². The second kappa shape index (κ2) is 5.76. The molecule has 2 aliphatic rings. The van der Waals surface area contributed by atoms with Crippen molar-refractivity contribution in [3.8, 4) is 0 Å². The number of primary amides is 1. The van der Waals surface area contributed by atoms with Crippen LogP contribution in [0.25, 0.3) is 0 Å². The highest BCUT2D eigenvalue weighted by Crippen LogP contribution is 2.40. The van der Waals surface area contributed by atoms with E-state index >= 15 is 0 Å². The second-order valence-corrected chi connectivity index (χ2v) is 6.71. The number of anilines is 2. The molecule has 1 heterocycles. The van der Waals surface area contributed by atoms with Gasteiger partial charge in [-0.05, 0) is 36.8 Å². The average Bonchev–Trinajstić information content (AvgIpc) is 2.46. The van der Waals surface area contributed by atoms with Gasteiger partial charge in [-0.3, -0.25) is 4.79 Å². The van der Waals surface area contributed by atoms with E-state index in [-0.39, 0.29) is 0 Å². The predicted molar refractivity (Wildman–Crippen MR) is 86.7 cm³/mol. The van der Waals surface area contributed by atoms with Gasteiger partial charge in [0.2, 0.25) is 0 Å². The van der Waals surface area contributed by atoms with Gasteiger partial charge in [0.05, 0.1) is 16.3 Å². The van der Waals surface area contributed by atoms with Crippen LogP contribution in [0.3, 0.4) is 0 Å². The molecule has 1 amide bonds. The lowest BCUT2D eigenvalue weighted by molar-refractivity contribution is 0.100. The first-order valence-electron chi connectivity index (χ1n) is 7.70. The number of piperidine rings is 1. The Hall–Kier alpha value is -1.42. The first-order chi connectivity index (χ1) is 10.1. The number of amides is 1. The molecule has 4 N–H and O–H groups in total. The number of carbonyl (C=O) groups is 1. The van der Waals surface area contributed by atoms with Crippen LogP contribution in [0, 0.1) is 11.8 Å². The summed E-state index contributed by atoms with van der Waals surface area (Å²) in [5.74, 6) is 1.08. The van der Waals surface area contributed by atoms with Crippen molar-refractivity contribution in [3.63, 3.8) is 0 Å². The minimum absolute atomic E-state index is 0.439. The van der Waals surface area contributed by atoms with E-state index in [1.807, 2.05) is 0 Å². The molecule has 1 aliphatic heterocycles. The van der Waals surface area contributed by atoms with Crippen molar-refractivity contribution in [2.75, 3.05) is 23.7 Å². The van der Waals surface area contributed by atoms with Gasteiger partial charge in [0.1, 0.15) is 0 Å². The van der Waals surface area contributed by atoms with E-state index in [4.69, 9.17) is 23.1 Å². The summed E-state index contributed by atoms with van der Waals surface area (Å²) >= 11 is 6.36. The lowest BCUT2D eigenvalue weighted by Gasteiger charge is -2.43. The average molecular weight is 308 g/mol. The Kier molecular flexibility index (Phi) is 3.98. The maximum atomic E-state index is 11.7. The Labute approximate surface area is 130 Å². The Morgan fingerprint density at radius 3 is 2.62 bits per heavy atom. The minimum atomic E-state index is -0.468. The van der Waals surface area contributed by atoms with Crippen molar-refractivity contribution >= 4 is 28.9 Å². The third-order valence-corrected chi connectivity index (χ3v) is 5.25. The molecule has 1 aromatic rings. The predicted octanol–water partition coefficient (Wildman–Crippen LogP) is 3.04. The Morgan fingerprint density at radius 1 is 1.19 bits per heavy atom. The SMILES string of the molecule is NC(=O)c1cc(N)cc(Cl)c1N1CCC2CCCCC2C1. The largest absolute Gasteiger partial charge is 0.399 e. The summed E-state index contributed by atoms with van der Waals surface area (Å²) in [6.45, 7) is 1.90. The van der Waals surface area contributed by atoms with Crippen LogP contribution in [-0.2, 0) is 0 Å². The number of fused-ring (bicyclic) bond motifs is 1. The highest BCUT2D eigenvalue weighted by atomic mass is 35.5. The molecule has 0 spiro atoms. The highest BCUT2D eigenvalue weighted by Gasteiger charge is 2.33. The Bertz CT molecular complexity index is 561. The number of nitrogen functional groups attached to an aromatic ring is 1. The lowest BCUT2D eigenvalue weighted by atomic mass is 9.75. The molecule has 2 unspecified atom stereocenters. The zero-order chi connectivity index (χ0) is 15.0. The molecular weight excluding hydrogens is 286 g/mol. The van der Waals surface area contributed by atoms with E-state index in [1.54, 1.807) is 12.1 Å². The number of nitrogens with two attached hydrogens (primary N) is 2. The number of hydrogen-bond donors (Lipinski definition) is 2. The number of halogens is 1. The molecule has 1 saturated heterocycles. The highest BCUT2D eigenvalue weighted by molar-refractivity contribution is 6.34. The van der Waals surface area contributed by atoms with Crippen molar-refractivity contribution in [1.82, 2.24) is 0 Å². The number of carbonyl (C=O) groups excluding carboxylic acids is 1. The van der Waals surface area contributed by atoms with Crippen molar-refractivity contribution in [2.45, 2.75) is 32.1 Å². The summed E-state index contributed by atoms with van der Waals surface area (Å²) < 4.78 is 0. The summed E-state index contributed by atoms with van der Waals surface area (Å²) in [5.41, 5.74) is 13.0. The molecule has 3 rings (SSSR count). The Morgan fingerprint density at radius 2 is 1.90 bits per heavy atom. The van der Waals surface area contributed by atoms with E-state index in [0.29, 0.717) is 22.2 Å². The van der Waals surface area contributed by atoms with E-state index in [0.717, 1.165) is 24.7 Å². The van der Waals surface area contributed by atoms with Crippen LogP contribution in [0.5, 0.6) is 0 Å². The molecule has 114 valence electrons. The molecule has 0 radical (unpaired) electrons. The summed E-state index contributed by atoms with van der Waals surface area (Å²) in [7, 11) is 0. The molecule has 5 heteroatoms. The van der Waals surface area contributed by atoms with Gasteiger partial charge in [-0.2, -0.15) is 0 Å². The van der Waals surface area contributed by atoms with Gasteiger partial charge in [0.15, 0.2) is 0 Å². The Balaban J connectivity index is 1.91. The second-order valence-electron chi connectivity index (χ2n) is 6.30. The first kappa shape index (κ1) is 14.5. The molecule has 4 nitrogen and oxygen atoms in total. The standard InChI is InChI=1S/C16H22ClN3O/c17-14-8-12(18)7-13(16(19)21)15(14)20-6-5-10-3-1-2-4-11(10)9-20/h7-8,10-11H,1-6,9,18H2,(H2,19,21). The monoisotopic (exact) mass is 307 g/mol. The maximum Gasteiger partial charge on any atom is 0.250 e. The van der Waals surface area contributed by atoms with E-state index in [2.05, 4.69) is 4.90 Å². The van der Waals surface area contributed by atoms with Crippen molar-refractivity contribution in [1.29, 1.82) is 0 Å². The van der Waals surface area contributed by atoms with Gasteiger partial charge in [-0.25, -0.2) is 0 Å². The number of rotatable bonds is 2. The van der Waals surface area contributed by atoms with Gasteiger partial charge in [0.25, 0.3) is 5.91 Å². The first-order valence-corrected chi connectivity index (χ1v) is 8.08. The van der Waals surface area contributed by atoms with Gasteiger partial charge in [-0.15, -0.1) is 0 Å². The molecule has 1 aromatic carbocycles. The fourth-order valence-corrected chi connectivity index (χ4v) is 4.28. The van der Waals surface area contributed by atoms with Crippen molar-refractivity contribution in [3.05, 3.63) is 22.7 Å². The van der Waals surface area contributed by atoms with Gasteiger partial charge in [0, 0.05) is 18.8 Å². The summed E-state index contributed by atoms with van der Waals surface area (Å²) in [6.07, 6.45) is 6.46. The summed E-state index contributed by atoms with van der Waals surface area (Å²) in [6, 6.07) is 3.34. The lowest BCUT2D eigenvalue weighted by Crippen LogP contribution is -2.42. The van der Waals surface area contributed by atoms with Crippen molar-refractivity contribution < 1.29 is 4.79 Å². The summed E-state index contributed by atoms with van der Waals surface area (Å²) in [4.78, 5) is 14.0. The molecule has 21 heavy (non-hydrogen) atoms. The molecule has 1 saturated carbocycles. The normalized spacial score (nSPS) is 25.5. The fraction of sp³-hybridized carbons (Fsp3) is 0.562. The fourth-order valence-electron chi connectivity index (χ4n) is 3.93. The molecule has 2 atom stereocenters. The molecular formula is C16H22ClN3O. The zero-order valence-corrected chi connectivity index (χ0v) is 12.9. The van der Waals surface area contributed by atoms with Crippen LogP contribution in [-0.4, -0.2) is 19.0 Å². The summed E-state index contributed by atoms with van der Waals surface area (Å²) in [5, 5.41) is 0.526. The third kappa shape index (κ3) is 2.82. The maximum absolute atomic E-state index is 11.7. The quantitative estimate of drug-likeness (QED) is 0.825. The van der Waals surface area contributed by atoms with Gasteiger partial charge < -0.3 is 16.4 Å². The van der Waals surface area contributed by atoms with Crippen LogP contribution < -0.4 is 16.4 Å². The van der Waals surface area contributed by atoms with E-state index in [1.165, 1.54) is 32.1 Å². The molecule has 0 bridgehead atoms. The number of benzene rings is 1. The zero-order valence-electron chi connectivity index (χ0n) is 12.1. The van der Waals surface area contributed by atoms with Crippen LogP contribution in [0.2, 0.25) is 5.02 Å². The van der Waals surface area contributed by atoms with Crippen LogP contribution in [0.1, 0.15) is 42.5 Å². The topological polar surface area (TPSA) is 72.3 Å². The smallest absolute Gasteiger partial charge is 0.250 e. The third-order valence-electron chi connectivity index (χ3n) is 4.96. The minimum Gasteiger partial charge on any atom is -0.399 e. The van der Waals surface area contributed by atoms with Crippen LogP contribution >= 0.6 is 11.6 Å². The van der Waals surface area contributed by atoms with E-state index in [9.17, 15) is 4.79 Å².